The number of nitrogens with two attached hydrogens (primary N) is 2. The van der Waals surface area contributed by atoms with E-state index in [0.29, 0.717) is 6.54 Å². The van der Waals surface area contributed by atoms with E-state index >= 15 is 0 Å². The van der Waals surface area contributed by atoms with Crippen molar-refractivity contribution in [3.63, 3.8) is 0 Å². The molecule has 0 spiro atoms. The van der Waals surface area contributed by atoms with Crippen LogP contribution in [0.25, 0.3) is 0 Å². The molecule has 0 saturated carbocycles. The lowest BCUT2D eigenvalue weighted by Gasteiger charge is -2.20. The average Bonchev–Trinajstić information content (AvgIpc) is 1.84. The van der Waals surface area contributed by atoms with Gasteiger partial charge in [0, 0.05) is 12.6 Å². The minimum atomic E-state index is -0.299. The van der Waals surface area contributed by atoms with Gasteiger partial charge in [0.05, 0.1) is 6.54 Å². The smallest absolute Gasteiger partial charge is 0.231 e. The summed E-state index contributed by atoms with van der Waals surface area (Å²) < 4.78 is 0. The molecule has 0 bridgehead atoms. The zero-order chi connectivity index (χ0) is 8.85. The minimum Gasteiger partial charge on any atom is -0.369 e. The molecule has 1 unspecified atom stereocenters. The summed E-state index contributed by atoms with van der Waals surface area (Å²) in [6.45, 7) is 5.72. The summed E-state index contributed by atoms with van der Waals surface area (Å²) in [5.41, 5.74) is 10.6. The SMILES string of the molecule is CCN(CC(N)=O)CC(C)N. The molecule has 0 aliphatic carbocycles. The van der Waals surface area contributed by atoms with E-state index in [0.717, 1.165) is 13.1 Å². The van der Waals surface area contributed by atoms with Crippen LogP contribution in [0.2, 0.25) is 0 Å². The molecular weight excluding hydrogens is 142 g/mol. The van der Waals surface area contributed by atoms with E-state index in [-0.39, 0.29) is 11.9 Å². The van der Waals surface area contributed by atoms with Crippen LogP contribution < -0.4 is 11.5 Å². The largest absolute Gasteiger partial charge is 0.369 e. The number of hydrogen-bond acceptors (Lipinski definition) is 3. The standard InChI is InChI=1S/C7H17N3O/c1-3-10(4-6(2)8)5-7(9)11/h6H,3-5,8H2,1-2H3,(H2,9,11). The van der Waals surface area contributed by atoms with Gasteiger partial charge < -0.3 is 11.5 Å². The van der Waals surface area contributed by atoms with E-state index in [1.165, 1.54) is 0 Å². The highest BCUT2D eigenvalue weighted by molar-refractivity contribution is 5.75. The molecule has 0 aliphatic heterocycles. The molecule has 0 aromatic rings. The second-order valence-corrected chi connectivity index (χ2v) is 2.77. The molecule has 0 aliphatic rings. The fourth-order valence-corrected chi connectivity index (χ4v) is 0.933. The molecule has 1 amide bonds. The van der Waals surface area contributed by atoms with Gasteiger partial charge in [-0.3, -0.25) is 9.69 Å². The molecule has 0 aromatic carbocycles. The van der Waals surface area contributed by atoms with E-state index in [1.54, 1.807) is 0 Å². The summed E-state index contributed by atoms with van der Waals surface area (Å²) in [5.74, 6) is -0.299. The Morgan fingerprint density at radius 2 is 2.18 bits per heavy atom. The number of likely N-dealkylation sites (N-methyl/N-ethyl adjacent to an activating group) is 1. The van der Waals surface area contributed by atoms with Crippen LogP contribution in [0.5, 0.6) is 0 Å². The first-order chi connectivity index (χ1) is 5.06. The van der Waals surface area contributed by atoms with Crippen molar-refractivity contribution in [1.29, 1.82) is 0 Å². The van der Waals surface area contributed by atoms with Crippen LogP contribution in [-0.4, -0.2) is 36.5 Å². The molecule has 0 saturated heterocycles. The minimum absolute atomic E-state index is 0.0919. The highest BCUT2D eigenvalue weighted by atomic mass is 16.1. The van der Waals surface area contributed by atoms with Gasteiger partial charge in [0.15, 0.2) is 0 Å². The highest BCUT2D eigenvalue weighted by Gasteiger charge is 2.06. The lowest BCUT2D eigenvalue weighted by molar-refractivity contribution is -0.119. The quantitative estimate of drug-likeness (QED) is 0.548. The van der Waals surface area contributed by atoms with Crippen LogP contribution in [0.4, 0.5) is 0 Å². The Balaban J connectivity index is 3.66. The molecule has 11 heavy (non-hydrogen) atoms. The highest BCUT2D eigenvalue weighted by Crippen LogP contribution is 1.88. The molecule has 1 atom stereocenters. The zero-order valence-electron chi connectivity index (χ0n) is 7.21. The predicted molar refractivity (Wildman–Crippen MR) is 45.0 cm³/mol. The predicted octanol–water partition coefficient (Wildman–Crippen LogP) is -0.859. The Kier molecular flexibility index (Phi) is 4.81. The topological polar surface area (TPSA) is 72.3 Å². The maximum atomic E-state index is 10.5. The van der Waals surface area contributed by atoms with Crippen molar-refractivity contribution in [3.8, 4) is 0 Å². The summed E-state index contributed by atoms with van der Waals surface area (Å²) in [5, 5.41) is 0. The second-order valence-electron chi connectivity index (χ2n) is 2.77. The van der Waals surface area contributed by atoms with Crippen molar-refractivity contribution in [1.82, 2.24) is 4.90 Å². The van der Waals surface area contributed by atoms with Crippen LogP contribution in [0.3, 0.4) is 0 Å². The van der Waals surface area contributed by atoms with Gasteiger partial charge in [0.2, 0.25) is 5.91 Å². The first-order valence-electron chi connectivity index (χ1n) is 3.82. The lowest BCUT2D eigenvalue weighted by atomic mass is 10.3. The van der Waals surface area contributed by atoms with Gasteiger partial charge in [0.1, 0.15) is 0 Å². The first-order valence-corrected chi connectivity index (χ1v) is 3.82. The Bertz CT molecular complexity index is 125. The van der Waals surface area contributed by atoms with Crippen molar-refractivity contribution in [3.05, 3.63) is 0 Å². The van der Waals surface area contributed by atoms with E-state index in [2.05, 4.69) is 0 Å². The first kappa shape index (κ1) is 10.4. The number of hydrogen-bond donors (Lipinski definition) is 2. The third-order valence-corrected chi connectivity index (χ3v) is 1.37. The number of carbonyl (C=O) groups excluding carboxylic acids is 1. The van der Waals surface area contributed by atoms with Crippen molar-refractivity contribution >= 4 is 5.91 Å². The molecule has 0 heterocycles. The Hall–Kier alpha value is -0.610. The van der Waals surface area contributed by atoms with E-state index in [4.69, 9.17) is 11.5 Å². The third kappa shape index (κ3) is 5.82. The van der Waals surface area contributed by atoms with Gasteiger partial charge in [-0.05, 0) is 13.5 Å². The van der Waals surface area contributed by atoms with Crippen LogP contribution in [0, 0.1) is 0 Å². The van der Waals surface area contributed by atoms with Gasteiger partial charge in [0.25, 0.3) is 0 Å². The van der Waals surface area contributed by atoms with Crippen molar-refractivity contribution in [2.45, 2.75) is 19.9 Å². The lowest BCUT2D eigenvalue weighted by Crippen LogP contribution is -2.40. The monoisotopic (exact) mass is 159 g/mol. The summed E-state index contributed by atoms with van der Waals surface area (Å²) in [7, 11) is 0. The number of primary amides is 1. The van der Waals surface area contributed by atoms with Crippen LogP contribution in [0.1, 0.15) is 13.8 Å². The van der Waals surface area contributed by atoms with Crippen molar-refractivity contribution < 1.29 is 4.79 Å². The van der Waals surface area contributed by atoms with Crippen LogP contribution >= 0.6 is 0 Å². The molecule has 0 rings (SSSR count). The summed E-state index contributed by atoms with van der Waals surface area (Å²) in [4.78, 5) is 12.4. The van der Waals surface area contributed by atoms with Gasteiger partial charge in [-0.2, -0.15) is 0 Å². The molecule has 0 aromatic heterocycles. The van der Waals surface area contributed by atoms with E-state index in [1.807, 2.05) is 18.7 Å². The van der Waals surface area contributed by atoms with E-state index < -0.39 is 0 Å². The number of amides is 1. The molecule has 4 nitrogen and oxygen atoms in total. The summed E-state index contributed by atoms with van der Waals surface area (Å²) >= 11 is 0. The molecule has 66 valence electrons. The fourth-order valence-electron chi connectivity index (χ4n) is 0.933. The molecule has 4 heteroatoms. The fraction of sp³-hybridized carbons (Fsp3) is 0.857. The van der Waals surface area contributed by atoms with Gasteiger partial charge in [-0.25, -0.2) is 0 Å². The maximum Gasteiger partial charge on any atom is 0.231 e. The number of carbonyl (C=O) groups is 1. The number of nitrogens with zero attached hydrogens (tertiary/aromatic N) is 1. The van der Waals surface area contributed by atoms with Gasteiger partial charge in [-0.1, -0.05) is 6.92 Å². The van der Waals surface area contributed by atoms with Gasteiger partial charge >= 0.3 is 0 Å². The Labute approximate surface area is 67.5 Å². The van der Waals surface area contributed by atoms with Crippen molar-refractivity contribution in [2.24, 2.45) is 11.5 Å². The van der Waals surface area contributed by atoms with Crippen LogP contribution in [0.15, 0.2) is 0 Å². The number of rotatable bonds is 5. The summed E-state index contributed by atoms with van der Waals surface area (Å²) in [6, 6.07) is 0.0919. The Morgan fingerprint density at radius 3 is 2.45 bits per heavy atom. The van der Waals surface area contributed by atoms with Gasteiger partial charge in [-0.15, -0.1) is 0 Å². The molecule has 0 radical (unpaired) electrons. The molecule has 0 fully saturated rings. The second kappa shape index (κ2) is 5.09. The Morgan fingerprint density at radius 1 is 1.64 bits per heavy atom. The van der Waals surface area contributed by atoms with Crippen LogP contribution in [-0.2, 0) is 4.79 Å². The average molecular weight is 159 g/mol. The normalized spacial score (nSPS) is 13.5. The maximum absolute atomic E-state index is 10.5. The van der Waals surface area contributed by atoms with E-state index in [9.17, 15) is 4.79 Å². The third-order valence-electron chi connectivity index (χ3n) is 1.37. The zero-order valence-corrected chi connectivity index (χ0v) is 7.21. The van der Waals surface area contributed by atoms with Crippen molar-refractivity contribution in [2.75, 3.05) is 19.6 Å². The molecule has 4 N–H and O–H groups in total. The molecular formula is C7H17N3O. The summed E-state index contributed by atoms with van der Waals surface area (Å²) in [6.07, 6.45) is 0.